The van der Waals surface area contributed by atoms with E-state index >= 15 is 0 Å². The molecule has 3 rings (SSSR count). The van der Waals surface area contributed by atoms with E-state index in [1.54, 1.807) is 39.0 Å². The molecule has 0 fully saturated rings. The van der Waals surface area contributed by atoms with Crippen molar-refractivity contribution in [3.05, 3.63) is 53.6 Å². The Bertz CT molecular complexity index is 1040. The number of hydrogen-bond acceptors (Lipinski definition) is 7. The van der Waals surface area contributed by atoms with Crippen molar-refractivity contribution in [2.45, 2.75) is 41.4 Å². The van der Waals surface area contributed by atoms with E-state index in [-0.39, 0.29) is 26.7 Å². The molecule has 1 unspecified atom stereocenters. The fourth-order valence-electron chi connectivity index (χ4n) is 3.29. The first-order chi connectivity index (χ1) is 13.4. The topological polar surface area (TPSA) is 110 Å². The van der Waals surface area contributed by atoms with Crippen molar-refractivity contribution in [2.24, 2.45) is 0 Å². The van der Waals surface area contributed by atoms with Gasteiger partial charge in [-0.3, -0.25) is 9.11 Å². The Morgan fingerprint density at radius 2 is 1.72 bits per heavy atom. The van der Waals surface area contributed by atoms with Gasteiger partial charge < -0.3 is 9.47 Å². The van der Waals surface area contributed by atoms with E-state index in [4.69, 9.17) is 9.47 Å². The maximum absolute atomic E-state index is 13.3. The number of ether oxygens (including phenoxy) is 2. The first-order valence-corrected chi connectivity index (χ1v) is 12.1. The van der Waals surface area contributed by atoms with E-state index < -0.39 is 43.0 Å². The summed E-state index contributed by atoms with van der Waals surface area (Å²) < 4.78 is 58.5. The minimum Gasteiger partial charge on any atom is -0.495 e. The zero-order valence-electron chi connectivity index (χ0n) is 16.6. The summed E-state index contributed by atoms with van der Waals surface area (Å²) >= 11 is 0. The molecule has 0 amide bonds. The number of carbonyl (C=O) groups excluding carboxylic acids is 1. The van der Waals surface area contributed by atoms with Crippen molar-refractivity contribution in [3.63, 3.8) is 0 Å². The van der Waals surface area contributed by atoms with Gasteiger partial charge in [-0.1, -0.05) is 18.2 Å². The van der Waals surface area contributed by atoms with Crippen LogP contribution in [0.15, 0.2) is 52.3 Å². The van der Waals surface area contributed by atoms with E-state index in [0.717, 1.165) is 0 Å². The van der Waals surface area contributed by atoms with Crippen molar-refractivity contribution in [1.29, 1.82) is 0 Å². The normalized spacial score (nSPS) is 19.3. The van der Waals surface area contributed by atoms with E-state index in [2.05, 4.69) is 0 Å². The predicted octanol–water partition coefficient (Wildman–Crippen LogP) is 4.29. The zero-order chi connectivity index (χ0) is 21.6. The number of hydrogen-bond donors (Lipinski definition) is 2. The number of rotatable bonds is 4. The summed E-state index contributed by atoms with van der Waals surface area (Å²) in [5.41, 5.74) is -0.634. The third kappa shape index (κ3) is 4.00. The van der Waals surface area contributed by atoms with Crippen LogP contribution < -0.4 is 4.74 Å². The Morgan fingerprint density at radius 3 is 2.28 bits per heavy atom. The number of fused-ring (bicyclic) bond motifs is 1. The maximum Gasteiger partial charge on any atom is 0.342 e. The molecule has 0 radical (unpaired) electrons. The molecule has 0 aliphatic carbocycles. The smallest absolute Gasteiger partial charge is 0.342 e. The Hall–Kier alpha value is -2.07. The van der Waals surface area contributed by atoms with Crippen LogP contribution in [0.2, 0.25) is 0 Å². The predicted molar refractivity (Wildman–Crippen MR) is 111 cm³/mol. The number of benzene rings is 2. The Balaban J connectivity index is 2.20. The van der Waals surface area contributed by atoms with Gasteiger partial charge in [-0.2, -0.15) is 10.6 Å². The van der Waals surface area contributed by atoms with Crippen molar-refractivity contribution in [2.75, 3.05) is 12.9 Å². The molecule has 0 bridgehead atoms. The second-order valence-electron chi connectivity index (χ2n) is 7.74. The molecular formula is C20H24O7S2. The third-order valence-electron chi connectivity index (χ3n) is 4.48. The van der Waals surface area contributed by atoms with Crippen molar-refractivity contribution >= 4 is 26.4 Å². The largest absolute Gasteiger partial charge is 0.495 e. The summed E-state index contributed by atoms with van der Waals surface area (Å²) in [6.45, 7) is 5.14. The van der Waals surface area contributed by atoms with Gasteiger partial charge in [0.05, 0.1) is 22.7 Å². The Morgan fingerprint density at radius 1 is 1.10 bits per heavy atom. The molecule has 9 heteroatoms. The lowest BCUT2D eigenvalue weighted by Gasteiger charge is -2.27. The van der Waals surface area contributed by atoms with Gasteiger partial charge >= 0.3 is 5.97 Å². The van der Waals surface area contributed by atoms with Crippen LogP contribution in [0.25, 0.3) is 0 Å². The van der Waals surface area contributed by atoms with E-state index in [9.17, 15) is 22.3 Å². The second-order valence-corrected chi connectivity index (χ2v) is 12.0. The highest BCUT2D eigenvalue weighted by atomic mass is 32.3. The van der Waals surface area contributed by atoms with Crippen molar-refractivity contribution < 1.29 is 31.8 Å². The third-order valence-corrected chi connectivity index (χ3v) is 8.63. The highest BCUT2D eigenvalue weighted by Gasteiger charge is 2.46. The van der Waals surface area contributed by atoms with Crippen LogP contribution in [-0.2, 0) is 14.6 Å². The van der Waals surface area contributed by atoms with Crippen LogP contribution in [0, 0.1) is 0 Å². The SMILES string of the molecule is COc1c(C(=O)OC(C)(C)C)ccc2c1C(S(=O)(=O)c1ccccc1)CS2(O)O. The van der Waals surface area contributed by atoms with Crippen LogP contribution in [0.5, 0.6) is 5.75 Å². The van der Waals surface area contributed by atoms with Crippen LogP contribution in [0.4, 0.5) is 0 Å². The molecule has 29 heavy (non-hydrogen) atoms. The van der Waals surface area contributed by atoms with Gasteiger partial charge in [0.15, 0.2) is 9.84 Å². The molecule has 1 aliphatic heterocycles. The summed E-state index contributed by atoms with van der Waals surface area (Å²) in [4.78, 5) is 12.8. The summed E-state index contributed by atoms with van der Waals surface area (Å²) in [6, 6.07) is 10.5. The van der Waals surface area contributed by atoms with Crippen LogP contribution in [-0.4, -0.2) is 42.0 Å². The molecule has 0 aromatic heterocycles. The van der Waals surface area contributed by atoms with Gasteiger partial charge in [0.1, 0.15) is 22.2 Å². The highest BCUT2D eigenvalue weighted by Crippen LogP contribution is 2.63. The number of carbonyl (C=O) groups is 1. The lowest BCUT2D eigenvalue weighted by Crippen LogP contribution is -2.24. The first kappa shape index (κ1) is 21.6. The minimum absolute atomic E-state index is 0.0151. The quantitative estimate of drug-likeness (QED) is 0.683. The maximum atomic E-state index is 13.3. The first-order valence-electron chi connectivity index (χ1n) is 8.87. The molecule has 0 saturated carbocycles. The van der Waals surface area contributed by atoms with E-state index in [0.29, 0.717) is 0 Å². The molecule has 7 nitrogen and oxygen atoms in total. The fourth-order valence-corrected chi connectivity index (χ4v) is 7.70. The van der Waals surface area contributed by atoms with Crippen LogP contribution in [0.3, 0.4) is 0 Å². The van der Waals surface area contributed by atoms with Crippen molar-refractivity contribution in [3.8, 4) is 5.75 Å². The molecule has 1 atom stereocenters. The monoisotopic (exact) mass is 440 g/mol. The molecule has 2 N–H and O–H groups in total. The molecule has 1 aliphatic rings. The average Bonchev–Trinajstić information content (AvgIpc) is 2.92. The van der Waals surface area contributed by atoms with Gasteiger partial charge in [-0.25, -0.2) is 13.2 Å². The van der Waals surface area contributed by atoms with E-state index in [1.165, 1.54) is 31.4 Å². The summed E-state index contributed by atoms with van der Waals surface area (Å²) in [7, 11) is -6.03. The van der Waals surface area contributed by atoms with Gasteiger partial charge in [-0.15, -0.1) is 0 Å². The lowest BCUT2D eigenvalue weighted by atomic mass is 10.1. The minimum atomic E-state index is -3.96. The fraction of sp³-hybridized carbons (Fsp3) is 0.350. The Kier molecular flexibility index (Phi) is 5.46. The molecule has 1 heterocycles. The second kappa shape index (κ2) is 7.32. The number of esters is 1. The van der Waals surface area contributed by atoms with Crippen molar-refractivity contribution in [1.82, 2.24) is 0 Å². The molecule has 0 spiro atoms. The van der Waals surface area contributed by atoms with Gasteiger partial charge in [0, 0.05) is 5.56 Å². The standard InChI is InChI=1S/C20H24O7S2/c1-20(2,3)27-19(21)14-10-11-15-17(18(14)26-4)16(12-28(15,22)23)29(24,25)13-8-6-5-7-9-13/h5-11,16,22-23H,12H2,1-4H3. The number of sulfone groups is 1. The number of methoxy groups -OCH3 is 1. The van der Waals surface area contributed by atoms with Crippen LogP contribution in [0.1, 0.15) is 41.9 Å². The molecule has 0 saturated heterocycles. The Labute approximate surface area is 171 Å². The molecule has 2 aromatic carbocycles. The molecular weight excluding hydrogens is 416 g/mol. The molecule has 2 aromatic rings. The van der Waals surface area contributed by atoms with Gasteiger partial charge in [0.25, 0.3) is 0 Å². The zero-order valence-corrected chi connectivity index (χ0v) is 18.2. The van der Waals surface area contributed by atoms with Gasteiger partial charge in [-0.05, 0) is 45.0 Å². The molecule has 158 valence electrons. The lowest BCUT2D eigenvalue weighted by molar-refractivity contribution is 0.00661. The van der Waals surface area contributed by atoms with Crippen LogP contribution >= 0.6 is 10.6 Å². The van der Waals surface area contributed by atoms with E-state index in [1.807, 2.05) is 0 Å². The summed E-state index contributed by atoms with van der Waals surface area (Å²) in [5.74, 6) is -1.09. The summed E-state index contributed by atoms with van der Waals surface area (Å²) in [5, 5.41) is -1.26. The highest BCUT2D eigenvalue weighted by molar-refractivity contribution is 8.25. The average molecular weight is 441 g/mol. The van der Waals surface area contributed by atoms with Gasteiger partial charge in [0.2, 0.25) is 0 Å². The summed E-state index contributed by atoms with van der Waals surface area (Å²) in [6.07, 6.45) is 0.